The lowest BCUT2D eigenvalue weighted by atomic mass is 10.1. The largest absolute Gasteiger partial charge is 0.497 e. The number of anilines is 1. The molecule has 1 N–H and O–H groups in total. The molecular weight excluding hydrogens is 489 g/mol. The number of ether oxygens (including phenoxy) is 2. The van der Waals surface area contributed by atoms with Crippen molar-refractivity contribution in [2.24, 2.45) is 0 Å². The zero-order chi connectivity index (χ0) is 27.0. The van der Waals surface area contributed by atoms with E-state index in [1.54, 1.807) is 26.8 Å². The molecule has 36 heavy (non-hydrogen) atoms. The summed E-state index contributed by atoms with van der Waals surface area (Å²) in [6.07, 6.45) is 1.26. The van der Waals surface area contributed by atoms with E-state index in [0.717, 1.165) is 10.6 Å². The molecule has 0 bridgehead atoms. The van der Waals surface area contributed by atoms with Crippen LogP contribution in [0, 0.1) is 5.82 Å². The number of sulfonamides is 1. The first-order valence-electron chi connectivity index (χ1n) is 11.4. The number of methoxy groups -OCH3 is 2. The summed E-state index contributed by atoms with van der Waals surface area (Å²) in [5.74, 6) is -0.815. The topological polar surface area (TPSA) is 105 Å². The molecule has 0 fully saturated rings. The summed E-state index contributed by atoms with van der Waals surface area (Å²) in [7, 11) is -1.13. The molecule has 1 atom stereocenters. The van der Waals surface area contributed by atoms with Gasteiger partial charge in [0.15, 0.2) is 0 Å². The van der Waals surface area contributed by atoms with E-state index in [0.29, 0.717) is 11.3 Å². The molecule has 0 aliphatic rings. The quantitative estimate of drug-likeness (QED) is 0.459. The lowest BCUT2D eigenvalue weighted by Crippen LogP contribution is -2.53. The van der Waals surface area contributed by atoms with E-state index in [1.165, 1.54) is 55.5 Å². The van der Waals surface area contributed by atoms with Gasteiger partial charge in [0.05, 0.1) is 26.2 Å². The molecule has 9 nitrogen and oxygen atoms in total. The van der Waals surface area contributed by atoms with Crippen LogP contribution in [0.4, 0.5) is 10.1 Å². The van der Waals surface area contributed by atoms with Gasteiger partial charge in [0, 0.05) is 18.7 Å². The molecule has 0 aliphatic carbocycles. The van der Waals surface area contributed by atoms with Gasteiger partial charge in [-0.2, -0.15) is 0 Å². The van der Waals surface area contributed by atoms with Gasteiger partial charge in [-0.1, -0.05) is 19.1 Å². The van der Waals surface area contributed by atoms with Gasteiger partial charge in [-0.25, -0.2) is 12.8 Å². The van der Waals surface area contributed by atoms with Crippen molar-refractivity contribution in [2.45, 2.75) is 45.8 Å². The van der Waals surface area contributed by atoms with Crippen molar-refractivity contribution in [3.05, 3.63) is 53.8 Å². The summed E-state index contributed by atoms with van der Waals surface area (Å²) in [4.78, 5) is 28.0. The Bertz CT molecular complexity index is 1150. The Morgan fingerprint density at radius 3 is 2.19 bits per heavy atom. The molecule has 0 aromatic heterocycles. The number of nitrogens with one attached hydrogen (secondary N) is 1. The maximum atomic E-state index is 13.7. The second kappa shape index (κ2) is 12.6. The van der Waals surface area contributed by atoms with Crippen molar-refractivity contribution in [1.29, 1.82) is 0 Å². The maximum Gasteiger partial charge on any atom is 0.244 e. The van der Waals surface area contributed by atoms with Crippen LogP contribution in [0.2, 0.25) is 0 Å². The zero-order valence-electron chi connectivity index (χ0n) is 21.4. The monoisotopic (exact) mass is 523 g/mol. The minimum absolute atomic E-state index is 0.0179. The van der Waals surface area contributed by atoms with Crippen molar-refractivity contribution in [3.8, 4) is 11.5 Å². The molecule has 0 heterocycles. The molecular formula is C25H34FN3O6S. The minimum atomic E-state index is -3.95. The van der Waals surface area contributed by atoms with Gasteiger partial charge in [-0.15, -0.1) is 0 Å². The number of hydrogen-bond donors (Lipinski definition) is 1. The number of hydrogen-bond acceptors (Lipinski definition) is 6. The highest BCUT2D eigenvalue weighted by Gasteiger charge is 2.33. The van der Waals surface area contributed by atoms with Gasteiger partial charge in [0.1, 0.15) is 29.9 Å². The molecule has 0 aliphatic heterocycles. The smallest absolute Gasteiger partial charge is 0.244 e. The van der Waals surface area contributed by atoms with Crippen LogP contribution in [-0.2, 0) is 26.2 Å². The number of carbonyl (C=O) groups is 2. The van der Waals surface area contributed by atoms with Gasteiger partial charge in [-0.05, 0) is 50.1 Å². The predicted molar refractivity (Wildman–Crippen MR) is 136 cm³/mol. The Labute approximate surface area is 212 Å². The third kappa shape index (κ3) is 7.58. The molecule has 2 aromatic rings. The number of nitrogens with zero attached hydrogens (tertiary/aromatic N) is 2. The Kier molecular flexibility index (Phi) is 10.1. The van der Waals surface area contributed by atoms with Crippen LogP contribution in [-0.4, -0.2) is 64.2 Å². The number of carbonyl (C=O) groups excluding carboxylic acids is 2. The summed E-state index contributed by atoms with van der Waals surface area (Å²) in [5, 5.41) is 2.81. The van der Waals surface area contributed by atoms with Gasteiger partial charge in [0.2, 0.25) is 21.8 Å². The van der Waals surface area contributed by atoms with Crippen LogP contribution < -0.4 is 19.1 Å². The van der Waals surface area contributed by atoms with E-state index in [1.807, 2.05) is 0 Å². The first kappa shape index (κ1) is 28.9. The van der Waals surface area contributed by atoms with Crippen molar-refractivity contribution in [1.82, 2.24) is 10.2 Å². The summed E-state index contributed by atoms with van der Waals surface area (Å²) in [5.41, 5.74) is 0.708. The van der Waals surface area contributed by atoms with Gasteiger partial charge >= 0.3 is 0 Å². The first-order valence-corrected chi connectivity index (χ1v) is 13.3. The van der Waals surface area contributed by atoms with Crippen LogP contribution in [0.25, 0.3) is 0 Å². The van der Waals surface area contributed by atoms with Crippen LogP contribution in [0.15, 0.2) is 42.5 Å². The molecule has 1 unspecified atom stereocenters. The second-order valence-electron chi connectivity index (χ2n) is 8.54. The molecule has 0 radical (unpaired) electrons. The highest BCUT2D eigenvalue weighted by molar-refractivity contribution is 7.92. The predicted octanol–water partition coefficient (Wildman–Crippen LogP) is 2.94. The summed E-state index contributed by atoms with van der Waals surface area (Å²) >= 11 is 0. The standard InChI is InChI=1S/C25H34FN3O6S/c1-7-21(25(31)27-17(2)3)28(15-18-8-10-19(26)11-9-18)24(30)16-29(36(6,32)33)22-14-20(34-4)12-13-23(22)35-5/h8-14,17,21H,7,15-16H2,1-6H3,(H,27,31). The molecule has 2 rings (SSSR count). The van der Waals surface area contributed by atoms with E-state index in [9.17, 15) is 22.4 Å². The van der Waals surface area contributed by atoms with E-state index >= 15 is 0 Å². The van der Waals surface area contributed by atoms with Crippen LogP contribution in [0.1, 0.15) is 32.8 Å². The maximum absolute atomic E-state index is 13.7. The first-order chi connectivity index (χ1) is 16.9. The second-order valence-corrected chi connectivity index (χ2v) is 10.4. The van der Waals surface area contributed by atoms with Gasteiger partial charge in [0.25, 0.3) is 0 Å². The van der Waals surface area contributed by atoms with Crippen LogP contribution in [0.5, 0.6) is 11.5 Å². The molecule has 2 aromatic carbocycles. The molecule has 11 heteroatoms. The molecule has 0 spiro atoms. The van der Waals surface area contributed by atoms with Crippen LogP contribution in [0.3, 0.4) is 0 Å². The van der Waals surface area contributed by atoms with Crippen molar-refractivity contribution < 1.29 is 31.9 Å². The van der Waals surface area contributed by atoms with E-state index in [4.69, 9.17) is 9.47 Å². The number of halogens is 1. The third-order valence-electron chi connectivity index (χ3n) is 5.42. The molecule has 0 saturated heterocycles. The average molecular weight is 524 g/mol. The zero-order valence-corrected chi connectivity index (χ0v) is 22.3. The lowest BCUT2D eigenvalue weighted by molar-refractivity contribution is -0.140. The van der Waals surface area contributed by atoms with Gasteiger partial charge in [-0.3, -0.25) is 13.9 Å². The third-order valence-corrected chi connectivity index (χ3v) is 6.54. The Morgan fingerprint density at radius 1 is 1.06 bits per heavy atom. The fraction of sp³-hybridized carbons (Fsp3) is 0.440. The summed E-state index contributed by atoms with van der Waals surface area (Å²) in [6, 6.07) is 9.12. The number of amides is 2. The average Bonchev–Trinajstić information content (AvgIpc) is 2.81. The fourth-order valence-corrected chi connectivity index (χ4v) is 4.52. The Hall–Kier alpha value is -3.34. The minimum Gasteiger partial charge on any atom is -0.497 e. The van der Waals surface area contributed by atoms with E-state index in [-0.39, 0.29) is 36.4 Å². The van der Waals surface area contributed by atoms with Gasteiger partial charge < -0.3 is 19.7 Å². The SMILES string of the molecule is CCC(C(=O)NC(C)C)N(Cc1ccc(F)cc1)C(=O)CN(c1cc(OC)ccc1OC)S(C)(=O)=O. The Balaban J connectivity index is 2.52. The summed E-state index contributed by atoms with van der Waals surface area (Å²) in [6.45, 7) is 4.76. The highest BCUT2D eigenvalue weighted by atomic mass is 32.2. The Morgan fingerprint density at radius 2 is 1.69 bits per heavy atom. The van der Waals surface area contributed by atoms with Crippen molar-refractivity contribution >= 4 is 27.5 Å². The normalized spacial score (nSPS) is 12.1. The number of benzene rings is 2. The fourth-order valence-electron chi connectivity index (χ4n) is 3.67. The van der Waals surface area contributed by atoms with E-state index < -0.39 is 34.3 Å². The summed E-state index contributed by atoms with van der Waals surface area (Å²) < 4.78 is 50.6. The van der Waals surface area contributed by atoms with E-state index in [2.05, 4.69) is 5.32 Å². The number of rotatable bonds is 12. The molecule has 2 amide bonds. The van der Waals surface area contributed by atoms with Crippen molar-refractivity contribution in [3.63, 3.8) is 0 Å². The molecule has 198 valence electrons. The lowest BCUT2D eigenvalue weighted by Gasteiger charge is -2.33. The molecule has 0 saturated carbocycles. The van der Waals surface area contributed by atoms with Crippen molar-refractivity contribution in [2.75, 3.05) is 31.3 Å². The van der Waals surface area contributed by atoms with Crippen LogP contribution >= 0.6 is 0 Å². The highest BCUT2D eigenvalue weighted by Crippen LogP contribution is 2.34.